The first kappa shape index (κ1) is 15.3. The zero-order valence-corrected chi connectivity index (χ0v) is 13.5. The van der Waals surface area contributed by atoms with E-state index in [0.29, 0.717) is 35.5 Å². The number of hydrogen-bond acceptors (Lipinski definition) is 4. The molecule has 2 amide bonds. The Balaban J connectivity index is 1.19. The Kier molecular flexibility index (Phi) is 4.04. The highest BCUT2D eigenvalue weighted by molar-refractivity contribution is 6.35. The molecule has 2 saturated carbocycles. The second-order valence-electron chi connectivity index (χ2n) is 7.33. The van der Waals surface area contributed by atoms with E-state index in [2.05, 4.69) is 45.4 Å². The lowest BCUT2D eigenvalue weighted by molar-refractivity contribution is -0.139. The summed E-state index contributed by atoms with van der Waals surface area (Å²) >= 11 is 0. The van der Waals surface area contributed by atoms with E-state index in [0.717, 1.165) is 12.8 Å². The van der Waals surface area contributed by atoms with Crippen LogP contribution in [0.2, 0.25) is 0 Å². The molecular weight excluding hydrogens is 304 g/mol. The summed E-state index contributed by atoms with van der Waals surface area (Å²) in [4.78, 5) is 23.4. The average molecular weight is 326 g/mol. The van der Waals surface area contributed by atoms with E-state index in [1.165, 1.54) is 12.8 Å². The highest BCUT2D eigenvalue weighted by atomic mass is 16.2. The van der Waals surface area contributed by atoms with Crippen molar-refractivity contribution < 1.29 is 9.59 Å². The molecular formula is C18H22N4O2. The number of nitrogens with zero attached hydrogens (tertiary/aromatic N) is 2. The van der Waals surface area contributed by atoms with E-state index in [4.69, 9.17) is 0 Å². The van der Waals surface area contributed by atoms with Crippen molar-refractivity contribution >= 4 is 24.2 Å². The van der Waals surface area contributed by atoms with Crippen LogP contribution in [-0.2, 0) is 9.59 Å². The van der Waals surface area contributed by atoms with Gasteiger partial charge in [-0.25, -0.2) is 10.9 Å². The summed E-state index contributed by atoms with van der Waals surface area (Å²) < 4.78 is 0. The van der Waals surface area contributed by atoms with Gasteiger partial charge in [0.2, 0.25) is 0 Å². The minimum absolute atomic E-state index is 0.368. The van der Waals surface area contributed by atoms with Crippen LogP contribution < -0.4 is 10.9 Å². The van der Waals surface area contributed by atoms with Gasteiger partial charge in [0.15, 0.2) is 0 Å². The first-order valence-corrected chi connectivity index (χ1v) is 8.72. The Morgan fingerprint density at radius 2 is 1.21 bits per heavy atom. The van der Waals surface area contributed by atoms with Crippen molar-refractivity contribution in [3.63, 3.8) is 0 Å². The van der Waals surface area contributed by atoms with Crippen molar-refractivity contribution in [2.75, 3.05) is 0 Å². The van der Waals surface area contributed by atoms with Gasteiger partial charge in [-0.3, -0.25) is 9.59 Å². The molecule has 0 aromatic rings. The van der Waals surface area contributed by atoms with Crippen molar-refractivity contribution in [2.24, 2.45) is 45.7 Å². The van der Waals surface area contributed by atoms with Crippen LogP contribution in [0, 0.1) is 35.5 Å². The monoisotopic (exact) mass is 326 g/mol. The quantitative estimate of drug-likeness (QED) is 0.356. The molecule has 126 valence electrons. The molecule has 0 aromatic carbocycles. The van der Waals surface area contributed by atoms with E-state index in [1.54, 1.807) is 12.4 Å². The number of hydrogen-bond donors (Lipinski definition) is 2. The molecule has 0 heterocycles. The van der Waals surface area contributed by atoms with Crippen molar-refractivity contribution in [3.05, 3.63) is 24.3 Å². The Morgan fingerprint density at radius 1 is 0.750 bits per heavy atom. The van der Waals surface area contributed by atoms with Crippen LogP contribution in [0.15, 0.2) is 34.5 Å². The fraction of sp³-hybridized carbons (Fsp3) is 0.556. The minimum atomic E-state index is -0.782. The van der Waals surface area contributed by atoms with Crippen LogP contribution in [0.25, 0.3) is 0 Å². The van der Waals surface area contributed by atoms with Crippen LogP contribution in [0.1, 0.15) is 25.7 Å². The van der Waals surface area contributed by atoms with E-state index in [1.807, 2.05) is 0 Å². The number of amides is 2. The molecule has 0 saturated heterocycles. The summed E-state index contributed by atoms with van der Waals surface area (Å²) in [6.45, 7) is 0. The maximum Gasteiger partial charge on any atom is 0.331 e. The molecule has 4 aliphatic carbocycles. The lowest BCUT2D eigenvalue weighted by Crippen LogP contribution is -2.35. The maximum atomic E-state index is 11.7. The lowest BCUT2D eigenvalue weighted by atomic mass is 9.95. The maximum absolute atomic E-state index is 11.7. The highest BCUT2D eigenvalue weighted by Gasteiger charge is 2.35. The molecule has 0 spiro atoms. The molecule has 0 aromatic heterocycles. The lowest BCUT2D eigenvalue weighted by Gasteiger charge is -2.12. The summed E-state index contributed by atoms with van der Waals surface area (Å²) in [6.07, 6.45) is 17.0. The van der Waals surface area contributed by atoms with Gasteiger partial charge in [0.05, 0.1) is 0 Å². The highest BCUT2D eigenvalue weighted by Crippen LogP contribution is 2.43. The van der Waals surface area contributed by atoms with Gasteiger partial charge < -0.3 is 0 Å². The third-order valence-electron chi connectivity index (χ3n) is 5.73. The summed E-state index contributed by atoms with van der Waals surface area (Å²) in [5.41, 5.74) is 4.57. The van der Waals surface area contributed by atoms with Gasteiger partial charge in [-0.1, -0.05) is 24.3 Å². The van der Waals surface area contributed by atoms with Crippen LogP contribution in [-0.4, -0.2) is 24.2 Å². The predicted octanol–water partition coefficient (Wildman–Crippen LogP) is 1.61. The Hall–Kier alpha value is -2.24. The third-order valence-corrected chi connectivity index (χ3v) is 5.73. The Bertz CT molecular complexity index is 595. The van der Waals surface area contributed by atoms with Crippen molar-refractivity contribution in [1.29, 1.82) is 0 Å². The number of hydrazone groups is 2. The van der Waals surface area contributed by atoms with Gasteiger partial charge in [-0.2, -0.15) is 10.2 Å². The van der Waals surface area contributed by atoms with Crippen molar-refractivity contribution in [2.45, 2.75) is 25.7 Å². The van der Waals surface area contributed by atoms with Gasteiger partial charge in [-0.15, -0.1) is 0 Å². The molecule has 2 N–H and O–H groups in total. The van der Waals surface area contributed by atoms with Gasteiger partial charge in [0.25, 0.3) is 0 Å². The molecule has 24 heavy (non-hydrogen) atoms. The van der Waals surface area contributed by atoms with E-state index in [9.17, 15) is 9.59 Å². The van der Waals surface area contributed by atoms with Gasteiger partial charge in [-0.05, 0) is 49.4 Å². The van der Waals surface area contributed by atoms with Gasteiger partial charge in [0.1, 0.15) is 0 Å². The van der Waals surface area contributed by atoms with Crippen molar-refractivity contribution in [1.82, 2.24) is 10.9 Å². The number of allylic oxidation sites excluding steroid dienone is 4. The number of carbonyl (C=O) groups is 2. The zero-order chi connectivity index (χ0) is 16.5. The largest absolute Gasteiger partial charge is 0.331 e. The SMILES string of the molecule is O=C(N/N=C/C1CC2C=CC1C2)C(=O)N/N=C/C1CC2C=CC1C2. The number of rotatable bonds is 4. The first-order valence-electron chi connectivity index (χ1n) is 8.72. The van der Waals surface area contributed by atoms with E-state index in [-0.39, 0.29) is 0 Å². The van der Waals surface area contributed by atoms with E-state index < -0.39 is 11.8 Å². The third kappa shape index (κ3) is 3.05. The molecule has 4 rings (SSSR count). The second-order valence-corrected chi connectivity index (χ2v) is 7.33. The summed E-state index contributed by atoms with van der Waals surface area (Å²) in [5.74, 6) is 1.54. The normalized spacial score (nSPS) is 38.7. The van der Waals surface area contributed by atoms with Crippen LogP contribution in [0.5, 0.6) is 0 Å². The molecule has 6 heteroatoms. The van der Waals surface area contributed by atoms with E-state index >= 15 is 0 Å². The molecule has 2 fully saturated rings. The Labute approximate surface area is 141 Å². The molecule has 6 nitrogen and oxygen atoms in total. The molecule has 6 atom stereocenters. The molecule has 4 aliphatic rings. The second kappa shape index (κ2) is 6.34. The number of fused-ring (bicyclic) bond motifs is 4. The topological polar surface area (TPSA) is 82.9 Å². The van der Waals surface area contributed by atoms with Gasteiger partial charge in [0, 0.05) is 24.3 Å². The molecule has 4 bridgehead atoms. The van der Waals surface area contributed by atoms with Gasteiger partial charge >= 0.3 is 11.8 Å². The number of nitrogens with one attached hydrogen (secondary N) is 2. The average Bonchev–Trinajstić information content (AvgIpc) is 3.35. The van der Waals surface area contributed by atoms with Crippen LogP contribution in [0.3, 0.4) is 0 Å². The molecule has 0 radical (unpaired) electrons. The minimum Gasteiger partial charge on any atom is -0.262 e. The standard InChI is InChI=1S/C18H22N4O2/c23-17(21-19-9-15-7-11-1-3-13(15)5-11)18(24)22-20-10-16-8-12-2-4-14(16)6-12/h1-4,9-16H,5-8H2,(H,21,23)(H,22,24)/b19-9+,20-10+. The summed E-state index contributed by atoms with van der Waals surface area (Å²) in [6, 6.07) is 0. The summed E-state index contributed by atoms with van der Waals surface area (Å²) in [5, 5.41) is 7.86. The van der Waals surface area contributed by atoms with Crippen molar-refractivity contribution in [3.8, 4) is 0 Å². The molecule has 0 aliphatic heterocycles. The zero-order valence-electron chi connectivity index (χ0n) is 13.5. The van der Waals surface area contributed by atoms with Crippen LogP contribution >= 0.6 is 0 Å². The smallest absolute Gasteiger partial charge is 0.262 e. The predicted molar refractivity (Wildman–Crippen MR) is 91.0 cm³/mol. The fourth-order valence-corrected chi connectivity index (χ4v) is 4.47. The number of carbonyl (C=O) groups excluding carboxylic acids is 2. The summed E-state index contributed by atoms with van der Waals surface area (Å²) in [7, 11) is 0. The fourth-order valence-electron chi connectivity index (χ4n) is 4.47. The first-order chi connectivity index (χ1) is 11.7. The Morgan fingerprint density at radius 3 is 1.54 bits per heavy atom. The molecule has 6 unspecified atom stereocenters. The van der Waals surface area contributed by atoms with Crippen LogP contribution in [0.4, 0.5) is 0 Å².